The van der Waals surface area contributed by atoms with Crippen LogP contribution in [0.4, 0.5) is 4.39 Å². The number of benzene rings is 2. The number of aromatic nitrogens is 2. The van der Waals surface area contributed by atoms with Gasteiger partial charge in [-0.3, -0.25) is 0 Å². The molecule has 0 radical (unpaired) electrons. The number of para-hydroxylation sites is 1. The molecular weight excluding hydrogens is 317 g/mol. The SMILES string of the molecule is O=S(=O)(NCc1ccn(-c2ccccc2)n1)c1ccccc1F. The number of sulfonamides is 1. The van der Waals surface area contributed by atoms with Gasteiger partial charge in [-0.2, -0.15) is 5.10 Å². The van der Waals surface area contributed by atoms with Gasteiger partial charge in [0.05, 0.1) is 17.9 Å². The smallest absolute Gasteiger partial charge is 0.241 e. The van der Waals surface area contributed by atoms with E-state index >= 15 is 0 Å². The minimum Gasteiger partial charge on any atom is -0.241 e. The summed E-state index contributed by atoms with van der Waals surface area (Å²) in [5.41, 5.74) is 1.41. The van der Waals surface area contributed by atoms with E-state index in [0.29, 0.717) is 5.69 Å². The van der Waals surface area contributed by atoms with E-state index in [1.54, 1.807) is 16.9 Å². The summed E-state index contributed by atoms with van der Waals surface area (Å²) in [5, 5.41) is 4.30. The third kappa shape index (κ3) is 3.46. The van der Waals surface area contributed by atoms with Crippen LogP contribution in [0.3, 0.4) is 0 Å². The summed E-state index contributed by atoms with van der Waals surface area (Å²) in [7, 11) is -3.92. The highest BCUT2D eigenvalue weighted by atomic mass is 32.2. The fourth-order valence-electron chi connectivity index (χ4n) is 2.09. The number of hydrogen-bond acceptors (Lipinski definition) is 3. The van der Waals surface area contributed by atoms with Gasteiger partial charge < -0.3 is 0 Å². The lowest BCUT2D eigenvalue weighted by Crippen LogP contribution is -2.24. The highest BCUT2D eigenvalue weighted by Crippen LogP contribution is 2.14. The maximum absolute atomic E-state index is 13.6. The van der Waals surface area contributed by atoms with Crippen molar-refractivity contribution in [3.05, 3.63) is 78.4 Å². The molecule has 5 nitrogen and oxygen atoms in total. The molecule has 3 rings (SSSR count). The molecule has 0 spiro atoms. The third-order valence-electron chi connectivity index (χ3n) is 3.23. The van der Waals surface area contributed by atoms with Gasteiger partial charge in [-0.25, -0.2) is 22.2 Å². The van der Waals surface area contributed by atoms with Crippen LogP contribution in [0, 0.1) is 5.82 Å². The van der Waals surface area contributed by atoms with Gasteiger partial charge in [0.15, 0.2) is 0 Å². The van der Waals surface area contributed by atoms with Crippen molar-refractivity contribution >= 4 is 10.0 Å². The minimum atomic E-state index is -3.92. The largest absolute Gasteiger partial charge is 0.243 e. The fraction of sp³-hybridized carbons (Fsp3) is 0.0625. The monoisotopic (exact) mass is 331 g/mol. The van der Waals surface area contributed by atoms with Crippen molar-refractivity contribution in [2.24, 2.45) is 0 Å². The number of hydrogen-bond donors (Lipinski definition) is 1. The maximum Gasteiger partial charge on any atom is 0.243 e. The molecule has 118 valence electrons. The van der Waals surface area contributed by atoms with Gasteiger partial charge in [0.2, 0.25) is 10.0 Å². The molecule has 0 amide bonds. The normalized spacial score (nSPS) is 11.5. The van der Waals surface area contributed by atoms with E-state index in [-0.39, 0.29) is 11.4 Å². The van der Waals surface area contributed by atoms with Crippen LogP contribution in [0.25, 0.3) is 5.69 Å². The predicted octanol–water partition coefficient (Wildman–Crippen LogP) is 2.49. The lowest BCUT2D eigenvalue weighted by Gasteiger charge is -2.06. The quantitative estimate of drug-likeness (QED) is 0.781. The maximum atomic E-state index is 13.6. The number of rotatable bonds is 5. The second-order valence-electron chi connectivity index (χ2n) is 4.84. The summed E-state index contributed by atoms with van der Waals surface area (Å²) in [6, 6.07) is 16.4. The van der Waals surface area contributed by atoms with E-state index in [4.69, 9.17) is 0 Å². The predicted molar refractivity (Wildman–Crippen MR) is 84.0 cm³/mol. The Balaban J connectivity index is 1.74. The zero-order valence-electron chi connectivity index (χ0n) is 12.1. The molecule has 3 aromatic rings. The van der Waals surface area contributed by atoms with Gasteiger partial charge in [-0.1, -0.05) is 30.3 Å². The molecule has 23 heavy (non-hydrogen) atoms. The Kier molecular flexibility index (Phi) is 4.22. The summed E-state index contributed by atoms with van der Waals surface area (Å²) in [6.45, 7) is -0.0174. The molecule has 1 N–H and O–H groups in total. The van der Waals surface area contributed by atoms with Crippen LogP contribution in [0.5, 0.6) is 0 Å². The summed E-state index contributed by atoms with van der Waals surface area (Å²) in [5.74, 6) is -0.783. The molecular formula is C16H14FN3O2S. The molecule has 0 atom stereocenters. The summed E-state index contributed by atoms with van der Waals surface area (Å²) < 4.78 is 41.8. The molecule has 0 aliphatic carbocycles. The molecule has 0 aliphatic heterocycles. The van der Waals surface area contributed by atoms with Crippen molar-refractivity contribution in [2.45, 2.75) is 11.4 Å². The lowest BCUT2D eigenvalue weighted by atomic mass is 10.3. The molecule has 0 saturated carbocycles. The number of nitrogens with one attached hydrogen (secondary N) is 1. The van der Waals surface area contributed by atoms with E-state index in [0.717, 1.165) is 11.8 Å². The first-order valence-electron chi connectivity index (χ1n) is 6.90. The van der Waals surface area contributed by atoms with Gasteiger partial charge >= 0.3 is 0 Å². The van der Waals surface area contributed by atoms with Crippen LogP contribution < -0.4 is 4.72 Å². The topological polar surface area (TPSA) is 64.0 Å². The third-order valence-corrected chi connectivity index (χ3v) is 4.67. The van der Waals surface area contributed by atoms with Crippen molar-refractivity contribution in [3.8, 4) is 5.69 Å². The molecule has 0 fully saturated rings. The Morgan fingerprint density at radius 1 is 1.00 bits per heavy atom. The lowest BCUT2D eigenvalue weighted by molar-refractivity contribution is 0.556. The molecule has 0 saturated heterocycles. The van der Waals surface area contributed by atoms with E-state index < -0.39 is 15.8 Å². The Bertz CT molecular complexity index is 908. The van der Waals surface area contributed by atoms with Crippen LogP contribution in [-0.4, -0.2) is 18.2 Å². The van der Waals surface area contributed by atoms with Crippen molar-refractivity contribution in [1.29, 1.82) is 0 Å². The molecule has 1 aromatic heterocycles. The standard InChI is InChI=1S/C16H14FN3O2S/c17-15-8-4-5-9-16(15)23(21,22)18-12-13-10-11-20(19-13)14-6-2-1-3-7-14/h1-11,18H,12H2. The molecule has 1 heterocycles. The van der Waals surface area contributed by atoms with Gasteiger partial charge in [-0.15, -0.1) is 0 Å². The molecule has 2 aromatic carbocycles. The minimum absolute atomic E-state index is 0.0174. The van der Waals surface area contributed by atoms with E-state index in [1.807, 2.05) is 30.3 Å². The number of halogens is 1. The van der Waals surface area contributed by atoms with Crippen LogP contribution in [0.1, 0.15) is 5.69 Å². The van der Waals surface area contributed by atoms with E-state index in [9.17, 15) is 12.8 Å². The second kappa shape index (κ2) is 6.31. The molecule has 7 heteroatoms. The highest BCUT2D eigenvalue weighted by molar-refractivity contribution is 7.89. The van der Waals surface area contributed by atoms with E-state index in [1.165, 1.54) is 18.2 Å². The fourth-order valence-corrected chi connectivity index (χ4v) is 3.17. The first kappa shape index (κ1) is 15.4. The Hall–Kier alpha value is -2.51. The van der Waals surface area contributed by atoms with Crippen LogP contribution in [0.2, 0.25) is 0 Å². The Morgan fingerprint density at radius 2 is 1.70 bits per heavy atom. The zero-order chi connectivity index (χ0) is 16.3. The first-order valence-corrected chi connectivity index (χ1v) is 8.39. The Morgan fingerprint density at radius 3 is 2.43 bits per heavy atom. The summed E-state index contributed by atoms with van der Waals surface area (Å²) in [4.78, 5) is -0.373. The van der Waals surface area contributed by atoms with Crippen molar-refractivity contribution < 1.29 is 12.8 Å². The summed E-state index contributed by atoms with van der Waals surface area (Å²) in [6.07, 6.45) is 1.74. The van der Waals surface area contributed by atoms with Crippen molar-refractivity contribution in [2.75, 3.05) is 0 Å². The highest BCUT2D eigenvalue weighted by Gasteiger charge is 2.18. The van der Waals surface area contributed by atoms with Gasteiger partial charge in [0.1, 0.15) is 10.7 Å². The molecule has 0 unspecified atom stereocenters. The zero-order valence-corrected chi connectivity index (χ0v) is 12.9. The van der Waals surface area contributed by atoms with Gasteiger partial charge in [0.25, 0.3) is 0 Å². The van der Waals surface area contributed by atoms with Crippen LogP contribution >= 0.6 is 0 Å². The van der Waals surface area contributed by atoms with E-state index in [2.05, 4.69) is 9.82 Å². The summed E-state index contributed by atoms with van der Waals surface area (Å²) >= 11 is 0. The number of nitrogens with zero attached hydrogens (tertiary/aromatic N) is 2. The molecule has 0 aliphatic rings. The van der Waals surface area contributed by atoms with Gasteiger partial charge in [-0.05, 0) is 30.3 Å². The average Bonchev–Trinajstić information content (AvgIpc) is 3.03. The van der Waals surface area contributed by atoms with Crippen LogP contribution in [0.15, 0.2) is 71.8 Å². The van der Waals surface area contributed by atoms with Crippen molar-refractivity contribution in [3.63, 3.8) is 0 Å². The van der Waals surface area contributed by atoms with Crippen molar-refractivity contribution in [1.82, 2.24) is 14.5 Å². The van der Waals surface area contributed by atoms with Crippen LogP contribution in [-0.2, 0) is 16.6 Å². The second-order valence-corrected chi connectivity index (χ2v) is 6.58. The molecule has 0 bridgehead atoms. The van der Waals surface area contributed by atoms with Gasteiger partial charge in [0, 0.05) is 6.20 Å². The first-order chi connectivity index (χ1) is 11.1. The average molecular weight is 331 g/mol. The Labute approximate surface area is 133 Å².